The molecule has 2 nitrogen and oxygen atoms in total. The Kier molecular flexibility index (Phi) is 7.37. The van der Waals surface area contributed by atoms with Crippen LogP contribution in [0.5, 0.6) is 0 Å². The molecule has 2 rings (SSSR count). The molecule has 1 aliphatic heterocycles. The van der Waals surface area contributed by atoms with Crippen LogP contribution in [0.15, 0.2) is 28.7 Å². The van der Waals surface area contributed by atoms with Gasteiger partial charge in [0.2, 0.25) is 0 Å². The van der Waals surface area contributed by atoms with Gasteiger partial charge in [-0.3, -0.25) is 4.90 Å². The van der Waals surface area contributed by atoms with Gasteiger partial charge in [0.1, 0.15) is 0 Å². The quantitative estimate of drug-likeness (QED) is 0.870. The molecule has 1 fully saturated rings. The molecule has 4 heteroatoms. The van der Waals surface area contributed by atoms with Crippen LogP contribution in [0.2, 0.25) is 0 Å². The first-order valence-electron chi connectivity index (χ1n) is 6.88. The zero-order valence-corrected chi connectivity index (χ0v) is 14.1. The molecule has 0 amide bonds. The summed E-state index contributed by atoms with van der Waals surface area (Å²) < 4.78 is 1.16. The largest absolute Gasteiger partial charge is 0.319 e. The molecule has 1 aromatic rings. The summed E-state index contributed by atoms with van der Waals surface area (Å²) in [5, 5.41) is 3.30. The highest BCUT2D eigenvalue weighted by molar-refractivity contribution is 9.10. The molecule has 2 unspecified atom stereocenters. The molecule has 2 atom stereocenters. The van der Waals surface area contributed by atoms with E-state index >= 15 is 0 Å². The lowest BCUT2D eigenvalue weighted by atomic mass is 10.0. The van der Waals surface area contributed by atoms with Gasteiger partial charge in [-0.05, 0) is 56.6 Å². The van der Waals surface area contributed by atoms with E-state index in [-0.39, 0.29) is 12.4 Å². The second-order valence-corrected chi connectivity index (χ2v) is 6.10. The molecule has 1 aliphatic rings. The van der Waals surface area contributed by atoms with Crippen molar-refractivity contribution in [3.05, 3.63) is 34.3 Å². The van der Waals surface area contributed by atoms with Gasteiger partial charge in [0.25, 0.3) is 0 Å². The Morgan fingerprint density at radius 1 is 1.37 bits per heavy atom. The van der Waals surface area contributed by atoms with Crippen LogP contribution in [0, 0.1) is 5.92 Å². The fraction of sp³-hybridized carbons (Fsp3) is 0.600. The minimum atomic E-state index is 0. The van der Waals surface area contributed by atoms with E-state index in [0.29, 0.717) is 6.04 Å². The fourth-order valence-electron chi connectivity index (χ4n) is 2.99. The van der Waals surface area contributed by atoms with Crippen molar-refractivity contribution < 1.29 is 0 Å². The number of hydrogen-bond donors (Lipinski definition) is 1. The van der Waals surface area contributed by atoms with Crippen molar-refractivity contribution >= 4 is 28.3 Å². The van der Waals surface area contributed by atoms with E-state index in [9.17, 15) is 0 Å². The standard InChI is InChI=1S/C15H23BrN2.ClH/c1-3-15(13-4-6-14(16)7-5-13)18-9-8-12(11-18)10-17-2;/h4-7,12,15,17H,3,8-11H2,1-2H3;1H. The lowest BCUT2D eigenvalue weighted by Crippen LogP contribution is -2.28. The van der Waals surface area contributed by atoms with E-state index in [0.717, 1.165) is 16.9 Å². The minimum Gasteiger partial charge on any atom is -0.319 e. The van der Waals surface area contributed by atoms with Crippen molar-refractivity contribution in [2.45, 2.75) is 25.8 Å². The Morgan fingerprint density at radius 2 is 2.05 bits per heavy atom. The Balaban J connectivity index is 0.00000180. The zero-order chi connectivity index (χ0) is 13.0. The molecular formula is C15H24BrClN2. The van der Waals surface area contributed by atoms with Gasteiger partial charge in [-0.1, -0.05) is 35.0 Å². The number of likely N-dealkylation sites (tertiary alicyclic amines) is 1. The number of benzene rings is 1. The van der Waals surface area contributed by atoms with Crippen LogP contribution < -0.4 is 5.32 Å². The second kappa shape index (κ2) is 8.25. The number of nitrogens with zero attached hydrogens (tertiary/aromatic N) is 1. The monoisotopic (exact) mass is 346 g/mol. The predicted molar refractivity (Wildman–Crippen MR) is 88.0 cm³/mol. The first-order chi connectivity index (χ1) is 8.74. The van der Waals surface area contributed by atoms with Gasteiger partial charge in [-0.25, -0.2) is 0 Å². The molecular weight excluding hydrogens is 324 g/mol. The van der Waals surface area contributed by atoms with Crippen molar-refractivity contribution in [1.82, 2.24) is 10.2 Å². The van der Waals surface area contributed by atoms with Gasteiger partial charge in [0.15, 0.2) is 0 Å². The lowest BCUT2D eigenvalue weighted by molar-refractivity contribution is 0.230. The average molecular weight is 348 g/mol. The molecule has 1 aromatic carbocycles. The van der Waals surface area contributed by atoms with E-state index < -0.39 is 0 Å². The molecule has 0 bridgehead atoms. The van der Waals surface area contributed by atoms with E-state index in [2.05, 4.69) is 64.4 Å². The van der Waals surface area contributed by atoms with Crippen molar-refractivity contribution in [1.29, 1.82) is 0 Å². The Labute approximate surface area is 131 Å². The van der Waals surface area contributed by atoms with Crippen molar-refractivity contribution in [3.63, 3.8) is 0 Å². The molecule has 0 radical (unpaired) electrons. The Morgan fingerprint density at radius 3 is 2.63 bits per heavy atom. The third-order valence-electron chi connectivity index (χ3n) is 3.89. The van der Waals surface area contributed by atoms with Gasteiger partial charge in [-0.2, -0.15) is 0 Å². The molecule has 0 spiro atoms. The maximum Gasteiger partial charge on any atom is 0.0345 e. The summed E-state index contributed by atoms with van der Waals surface area (Å²) in [5.74, 6) is 0.819. The maximum absolute atomic E-state index is 3.51. The molecule has 108 valence electrons. The normalized spacial score (nSPS) is 21.1. The summed E-state index contributed by atoms with van der Waals surface area (Å²) in [4.78, 5) is 2.64. The molecule has 19 heavy (non-hydrogen) atoms. The van der Waals surface area contributed by atoms with Gasteiger partial charge in [0, 0.05) is 17.1 Å². The SMILES string of the molecule is CCC(c1ccc(Br)cc1)N1CCC(CNC)C1.Cl. The van der Waals surface area contributed by atoms with E-state index in [1.165, 1.54) is 31.5 Å². The van der Waals surface area contributed by atoms with E-state index in [1.807, 2.05) is 0 Å². The Hall–Kier alpha value is -0.0900. The van der Waals surface area contributed by atoms with Crippen molar-refractivity contribution in [2.75, 3.05) is 26.7 Å². The third-order valence-corrected chi connectivity index (χ3v) is 4.42. The van der Waals surface area contributed by atoms with Crippen LogP contribution in [0.25, 0.3) is 0 Å². The van der Waals surface area contributed by atoms with E-state index in [4.69, 9.17) is 0 Å². The van der Waals surface area contributed by atoms with Crippen molar-refractivity contribution in [3.8, 4) is 0 Å². The van der Waals surface area contributed by atoms with Gasteiger partial charge in [0.05, 0.1) is 0 Å². The molecule has 1 heterocycles. The van der Waals surface area contributed by atoms with E-state index in [1.54, 1.807) is 0 Å². The fourth-order valence-corrected chi connectivity index (χ4v) is 3.25. The summed E-state index contributed by atoms with van der Waals surface area (Å²) in [6.45, 7) is 5.90. The molecule has 1 N–H and O–H groups in total. The molecule has 0 aromatic heterocycles. The van der Waals surface area contributed by atoms with Gasteiger partial charge >= 0.3 is 0 Å². The first kappa shape index (κ1) is 17.0. The van der Waals surface area contributed by atoms with Crippen LogP contribution in [-0.4, -0.2) is 31.6 Å². The minimum absolute atomic E-state index is 0. The predicted octanol–water partition coefficient (Wildman–Crippen LogP) is 3.86. The molecule has 0 saturated carbocycles. The third kappa shape index (κ3) is 4.45. The zero-order valence-electron chi connectivity index (χ0n) is 11.7. The summed E-state index contributed by atoms with van der Waals surface area (Å²) in [6.07, 6.45) is 2.52. The number of hydrogen-bond acceptors (Lipinski definition) is 2. The van der Waals surface area contributed by atoms with Crippen LogP contribution in [-0.2, 0) is 0 Å². The average Bonchev–Trinajstić information content (AvgIpc) is 2.82. The van der Waals surface area contributed by atoms with Crippen LogP contribution in [0.3, 0.4) is 0 Å². The Bertz CT molecular complexity index is 369. The summed E-state index contributed by atoms with van der Waals surface area (Å²) >= 11 is 3.51. The summed E-state index contributed by atoms with van der Waals surface area (Å²) in [6, 6.07) is 9.39. The smallest absolute Gasteiger partial charge is 0.0345 e. The summed E-state index contributed by atoms with van der Waals surface area (Å²) in [5.41, 5.74) is 1.45. The number of nitrogens with one attached hydrogen (secondary N) is 1. The summed E-state index contributed by atoms with van der Waals surface area (Å²) in [7, 11) is 2.05. The highest BCUT2D eigenvalue weighted by atomic mass is 79.9. The highest BCUT2D eigenvalue weighted by Gasteiger charge is 2.27. The topological polar surface area (TPSA) is 15.3 Å². The van der Waals surface area contributed by atoms with Crippen molar-refractivity contribution in [2.24, 2.45) is 5.92 Å². The lowest BCUT2D eigenvalue weighted by Gasteiger charge is -2.27. The second-order valence-electron chi connectivity index (χ2n) is 5.18. The first-order valence-corrected chi connectivity index (χ1v) is 7.68. The number of rotatable bonds is 5. The van der Waals surface area contributed by atoms with Gasteiger partial charge < -0.3 is 5.32 Å². The maximum atomic E-state index is 3.51. The van der Waals surface area contributed by atoms with Crippen LogP contribution in [0.4, 0.5) is 0 Å². The molecule has 1 saturated heterocycles. The van der Waals surface area contributed by atoms with Gasteiger partial charge in [-0.15, -0.1) is 12.4 Å². The highest BCUT2D eigenvalue weighted by Crippen LogP contribution is 2.30. The van der Waals surface area contributed by atoms with Crippen LogP contribution in [0.1, 0.15) is 31.4 Å². The van der Waals surface area contributed by atoms with Crippen LogP contribution >= 0.6 is 28.3 Å². The molecule has 0 aliphatic carbocycles. The number of halogens is 2.